The standard InChI is InChI=1S/C54H33N3S/c55-34-35-22-24-36(25-23-35)37-26-28-38(29-27-37)42-16-11-19-47-52(42)43-32-41(53-56-48(39-12-3-1-4-13-39)33-49(57-53)40-14-5-2-6-15-40)30-31-44(43)54(47)45-17-7-9-20-50(45)58-51-21-10-8-18-46(51)54/h1-33H. The van der Waals surface area contributed by atoms with E-state index in [-0.39, 0.29) is 0 Å². The third kappa shape index (κ3) is 5.36. The molecule has 1 aromatic heterocycles. The Morgan fingerprint density at radius 2 is 0.914 bits per heavy atom. The van der Waals surface area contributed by atoms with Gasteiger partial charge in [0.2, 0.25) is 0 Å². The molecule has 1 aliphatic heterocycles. The summed E-state index contributed by atoms with van der Waals surface area (Å²) in [5, 5.41) is 9.35. The van der Waals surface area contributed by atoms with Crippen LogP contribution in [0.15, 0.2) is 210 Å². The van der Waals surface area contributed by atoms with E-state index in [4.69, 9.17) is 9.97 Å². The molecule has 0 fully saturated rings. The summed E-state index contributed by atoms with van der Waals surface area (Å²) in [6, 6.07) is 73.3. The quantitative estimate of drug-likeness (QED) is 0.175. The minimum Gasteiger partial charge on any atom is -0.228 e. The normalized spacial score (nSPS) is 12.9. The van der Waals surface area contributed by atoms with Crippen LogP contribution in [0.3, 0.4) is 0 Å². The maximum absolute atomic E-state index is 9.35. The van der Waals surface area contributed by atoms with E-state index < -0.39 is 5.41 Å². The highest BCUT2D eigenvalue weighted by Gasteiger charge is 2.50. The number of rotatable bonds is 5. The molecular weight excluding hydrogens is 723 g/mol. The molecule has 2 heterocycles. The Bertz CT molecular complexity index is 2970. The predicted octanol–water partition coefficient (Wildman–Crippen LogP) is 13.5. The Balaban J connectivity index is 1.16. The van der Waals surface area contributed by atoms with E-state index in [0.29, 0.717) is 11.4 Å². The van der Waals surface area contributed by atoms with Crippen molar-refractivity contribution in [2.24, 2.45) is 0 Å². The lowest BCUT2D eigenvalue weighted by Gasteiger charge is -2.39. The molecule has 0 unspecified atom stereocenters. The van der Waals surface area contributed by atoms with Gasteiger partial charge in [-0.25, -0.2) is 9.97 Å². The average molecular weight is 756 g/mol. The number of fused-ring (bicyclic) bond motifs is 9. The molecule has 2 aliphatic rings. The van der Waals surface area contributed by atoms with Gasteiger partial charge in [0.15, 0.2) is 5.82 Å². The van der Waals surface area contributed by atoms with Crippen LogP contribution in [0.2, 0.25) is 0 Å². The van der Waals surface area contributed by atoms with Crippen molar-refractivity contribution in [3.8, 4) is 73.4 Å². The molecule has 270 valence electrons. The van der Waals surface area contributed by atoms with Gasteiger partial charge in [-0.3, -0.25) is 0 Å². The average Bonchev–Trinajstić information content (AvgIpc) is 3.59. The van der Waals surface area contributed by atoms with Crippen molar-refractivity contribution in [2.75, 3.05) is 0 Å². The summed E-state index contributed by atoms with van der Waals surface area (Å²) in [6.45, 7) is 0. The third-order valence-corrected chi connectivity index (χ3v) is 12.8. The van der Waals surface area contributed by atoms with E-state index >= 15 is 0 Å². The summed E-state index contributed by atoms with van der Waals surface area (Å²) in [4.78, 5) is 13.1. The zero-order valence-corrected chi connectivity index (χ0v) is 32.1. The van der Waals surface area contributed by atoms with E-state index in [2.05, 4.69) is 170 Å². The largest absolute Gasteiger partial charge is 0.228 e. The van der Waals surface area contributed by atoms with Crippen LogP contribution in [0.25, 0.3) is 67.3 Å². The molecule has 9 aromatic rings. The maximum Gasteiger partial charge on any atom is 0.160 e. The van der Waals surface area contributed by atoms with Gasteiger partial charge in [-0.1, -0.05) is 176 Å². The van der Waals surface area contributed by atoms with E-state index in [0.717, 1.165) is 44.8 Å². The highest BCUT2D eigenvalue weighted by Crippen LogP contribution is 2.63. The molecule has 0 bridgehead atoms. The summed E-state index contributed by atoms with van der Waals surface area (Å²) in [7, 11) is 0. The van der Waals surface area contributed by atoms with E-state index in [9.17, 15) is 5.26 Å². The van der Waals surface area contributed by atoms with Crippen molar-refractivity contribution in [3.05, 3.63) is 228 Å². The summed E-state index contributed by atoms with van der Waals surface area (Å²) in [5.74, 6) is 0.690. The molecule has 1 spiro atoms. The smallest absolute Gasteiger partial charge is 0.160 e. The van der Waals surface area contributed by atoms with Crippen LogP contribution in [0.5, 0.6) is 0 Å². The van der Waals surface area contributed by atoms with Crippen LogP contribution in [0, 0.1) is 11.3 Å². The SMILES string of the molecule is N#Cc1ccc(-c2ccc(-c3cccc4c3-c3cc(-c5nc(-c6ccccc6)cc(-c6ccccc6)n5)ccc3C43c4ccccc4Sc4ccccc43)cc2)cc1. The van der Waals surface area contributed by atoms with E-state index in [1.54, 1.807) is 0 Å². The molecule has 0 saturated carbocycles. The molecule has 3 nitrogen and oxygen atoms in total. The molecule has 0 saturated heterocycles. The van der Waals surface area contributed by atoms with Crippen molar-refractivity contribution in [3.63, 3.8) is 0 Å². The minimum atomic E-state index is -0.526. The summed E-state index contributed by atoms with van der Waals surface area (Å²) in [6.07, 6.45) is 0. The van der Waals surface area contributed by atoms with Crippen LogP contribution in [-0.4, -0.2) is 9.97 Å². The Kier molecular flexibility index (Phi) is 8.03. The van der Waals surface area contributed by atoms with Gasteiger partial charge in [0.05, 0.1) is 28.4 Å². The molecule has 0 radical (unpaired) electrons. The molecule has 4 heteroatoms. The Labute approximate surface area is 342 Å². The van der Waals surface area contributed by atoms with Gasteiger partial charge < -0.3 is 0 Å². The highest BCUT2D eigenvalue weighted by molar-refractivity contribution is 7.99. The fraction of sp³-hybridized carbons (Fsp3) is 0.0185. The maximum atomic E-state index is 9.35. The van der Waals surface area contributed by atoms with Crippen LogP contribution < -0.4 is 0 Å². The second-order valence-electron chi connectivity index (χ2n) is 14.8. The first-order valence-corrected chi connectivity index (χ1v) is 20.3. The molecule has 0 N–H and O–H groups in total. The van der Waals surface area contributed by atoms with Crippen molar-refractivity contribution in [1.82, 2.24) is 9.97 Å². The van der Waals surface area contributed by atoms with Gasteiger partial charge in [0.1, 0.15) is 0 Å². The highest BCUT2D eigenvalue weighted by atomic mass is 32.2. The topological polar surface area (TPSA) is 49.6 Å². The lowest BCUT2D eigenvalue weighted by molar-refractivity contribution is 0.722. The number of aromatic nitrogens is 2. The third-order valence-electron chi connectivity index (χ3n) is 11.6. The van der Waals surface area contributed by atoms with Gasteiger partial charge in [-0.15, -0.1) is 0 Å². The van der Waals surface area contributed by atoms with Gasteiger partial charge in [-0.2, -0.15) is 5.26 Å². The number of benzene rings is 8. The van der Waals surface area contributed by atoms with Gasteiger partial charge in [0.25, 0.3) is 0 Å². The van der Waals surface area contributed by atoms with Crippen molar-refractivity contribution in [2.45, 2.75) is 15.2 Å². The number of hydrogen-bond donors (Lipinski definition) is 0. The van der Waals surface area contributed by atoms with Gasteiger partial charge >= 0.3 is 0 Å². The summed E-state index contributed by atoms with van der Waals surface area (Å²) in [5.41, 5.74) is 17.0. The van der Waals surface area contributed by atoms with Crippen molar-refractivity contribution in [1.29, 1.82) is 5.26 Å². The first kappa shape index (κ1) is 34.0. The molecule has 11 rings (SSSR count). The Hall–Kier alpha value is -7.32. The zero-order valence-electron chi connectivity index (χ0n) is 31.3. The lowest BCUT2D eigenvalue weighted by atomic mass is 9.67. The van der Waals surface area contributed by atoms with Gasteiger partial charge in [0, 0.05) is 26.5 Å². The molecule has 8 aromatic carbocycles. The van der Waals surface area contributed by atoms with Crippen LogP contribution >= 0.6 is 11.8 Å². The summed E-state index contributed by atoms with van der Waals surface area (Å²) >= 11 is 1.86. The van der Waals surface area contributed by atoms with Crippen LogP contribution in [0.1, 0.15) is 27.8 Å². The van der Waals surface area contributed by atoms with E-state index in [1.807, 2.05) is 48.2 Å². The zero-order chi connectivity index (χ0) is 38.6. The number of nitriles is 1. The summed E-state index contributed by atoms with van der Waals surface area (Å²) < 4.78 is 0. The van der Waals surface area contributed by atoms with E-state index in [1.165, 1.54) is 48.7 Å². The van der Waals surface area contributed by atoms with Gasteiger partial charge in [-0.05, 0) is 92.0 Å². The fourth-order valence-corrected chi connectivity index (χ4v) is 10.2. The lowest BCUT2D eigenvalue weighted by Crippen LogP contribution is -2.31. The number of nitrogens with zero attached hydrogens (tertiary/aromatic N) is 3. The molecular formula is C54H33N3S. The van der Waals surface area contributed by atoms with Crippen LogP contribution in [0.4, 0.5) is 0 Å². The molecule has 0 amide bonds. The Morgan fingerprint density at radius 3 is 1.52 bits per heavy atom. The minimum absolute atomic E-state index is 0.526. The monoisotopic (exact) mass is 755 g/mol. The fourth-order valence-electron chi connectivity index (χ4n) is 9.00. The van der Waals surface area contributed by atoms with Crippen molar-refractivity contribution < 1.29 is 0 Å². The predicted molar refractivity (Wildman–Crippen MR) is 235 cm³/mol. The van der Waals surface area contributed by atoms with Crippen LogP contribution in [-0.2, 0) is 5.41 Å². The molecule has 1 aliphatic carbocycles. The molecule has 0 atom stereocenters. The Morgan fingerprint density at radius 1 is 0.397 bits per heavy atom. The number of hydrogen-bond acceptors (Lipinski definition) is 4. The first-order valence-electron chi connectivity index (χ1n) is 19.5. The second-order valence-corrected chi connectivity index (χ2v) is 15.9. The van der Waals surface area contributed by atoms with Crippen molar-refractivity contribution >= 4 is 11.8 Å². The molecule has 58 heavy (non-hydrogen) atoms. The second kappa shape index (κ2) is 13.7. The first-order chi connectivity index (χ1) is 28.7.